The van der Waals surface area contributed by atoms with Gasteiger partial charge in [0.1, 0.15) is 0 Å². The Kier molecular flexibility index (Phi) is 8.42. The van der Waals surface area contributed by atoms with Crippen molar-refractivity contribution < 1.29 is 4.79 Å². The van der Waals surface area contributed by atoms with E-state index in [1.54, 1.807) is 11.8 Å². The van der Waals surface area contributed by atoms with Crippen LogP contribution < -0.4 is 11.1 Å². The molecule has 1 aromatic rings. The van der Waals surface area contributed by atoms with Crippen molar-refractivity contribution in [3.63, 3.8) is 0 Å². The third-order valence-corrected chi connectivity index (χ3v) is 4.06. The average Bonchev–Trinajstić information content (AvgIpc) is 2.50. The van der Waals surface area contributed by atoms with Crippen molar-refractivity contribution in [2.45, 2.75) is 32.5 Å². The number of nitrogens with two attached hydrogens (primary N) is 1. The minimum Gasteiger partial charge on any atom is -0.351 e. The number of nitrogens with one attached hydrogen (secondary N) is 1. The van der Waals surface area contributed by atoms with E-state index >= 15 is 0 Å². The number of carbonyl (C=O) groups is 1. The van der Waals surface area contributed by atoms with Gasteiger partial charge in [-0.15, -0.1) is 0 Å². The third-order valence-electron chi connectivity index (χ3n) is 3.42. The second kappa shape index (κ2) is 9.82. The maximum Gasteiger partial charge on any atom is 0.237 e. The lowest BCUT2D eigenvalue weighted by molar-refractivity contribution is -0.122. The summed E-state index contributed by atoms with van der Waals surface area (Å²) in [7, 11) is 2.10. The van der Waals surface area contributed by atoms with Crippen LogP contribution in [-0.2, 0) is 17.9 Å². The quantitative estimate of drug-likeness (QED) is 0.731. The second-order valence-electron chi connectivity index (χ2n) is 5.26. The first kappa shape index (κ1) is 18.0. The Labute approximate surface area is 132 Å². The van der Waals surface area contributed by atoms with Gasteiger partial charge in [0.15, 0.2) is 0 Å². The van der Waals surface area contributed by atoms with Crippen molar-refractivity contribution in [3.05, 3.63) is 35.4 Å². The monoisotopic (exact) mass is 309 g/mol. The molecule has 1 atom stereocenters. The molecule has 0 spiro atoms. The highest BCUT2D eigenvalue weighted by Gasteiger charge is 2.12. The summed E-state index contributed by atoms with van der Waals surface area (Å²) >= 11 is 1.71. The summed E-state index contributed by atoms with van der Waals surface area (Å²) in [6, 6.07) is 7.91. The zero-order valence-electron chi connectivity index (χ0n) is 13.3. The molecule has 4 nitrogen and oxygen atoms in total. The summed E-state index contributed by atoms with van der Waals surface area (Å²) < 4.78 is 0. The fourth-order valence-electron chi connectivity index (χ4n) is 1.96. The van der Waals surface area contributed by atoms with Gasteiger partial charge in [0.05, 0.1) is 6.04 Å². The van der Waals surface area contributed by atoms with Crippen LogP contribution in [0, 0.1) is 0 Å². The molecule has 0 unspecified atom stereocenters. The molecule has 0 fully saturated rings. The number of rotatable bonds is 9. The molecule has 0 heterocycles. The fourth-order valence-corrected chi connectivity index (χ4v) is 2.45. The molecule has 21 heavy (non-hydrogen) atoms. The molecule has 0 aliphatic heterocycles. The number of nitrogens with zero attached hydrogens (tertiary/aromatic N) is 1. The van der Waals surface area contributed by atoms with Crippen LogP contribution in [0.4, 0.5) is 0 Å². The highest BCUT2D eigenvalue weighted by Crippen LogP contribution is 2.08. The zero-order chi connectivity index (χ0) is 15.7. The number of hydrogen-bond acceptors (Lipinski definition) is 4. The molecule has 3 N–H and O–H groups in total. The van der Waals surface area contributed by atoms with Gasteiger partial charge < -0.3 is 16.0 Å². The predicted molar refractivity (Wildman–Crippen MR) is 91.3 cm³/mol. The van der Waals surface area contributed by atoms with Crippen LogP contribution in [0.2, 0.25) is 0 Å². The number of hydrogen-bond donors (Lipinski definition) is 2. The minimum atomic E-state index is -0.410. The zero-order valence-corrected chi connectivity index (χ0v) is 14.1. The largest absolute Gasteiger partial charge is 0.351 e. The lowest BCUT2D eigenvalue weighted by atomic mass is 10.1. The molecule has 5 heteroatoms. The second-order valence-corrected chi connectivity index (χ2v) is 6.24. The lowest BCUT2D eigenvalue weighted by Gasteiger charge is -2.15. The number of benzene rings is 1. The van der Waals surface area contributed by atoms with Gasteiger partial charge in [-0.3, -0.25) is 4.79 Å². The normalized spacial score (nSPS) is 12.4. The van der Waals surface area contributed by atoms with Crippen LogP contribution >= 0.6 is 11.8 Å². The molecule has 1 rings (SSSR count). The van der Waals surface area contributed by atoms with Gasteiger partial charge in [0.2, 0.25) is 5.91 Å². The summed E-state index contributed by atoms with van der Waals surface area (Å²) in [5, 5.41) is 2.92. The van der Waals surface area contributed by atoms with Crippen LogP contribution in [0.5, 0.6) is 0 Å². The first-order valence-electron chi connectivity index (χ1n) is 7.35. The van der Waals surface area contributed by atoms with E-state index in [0.717, 1.165) is 24.4 Å². The molecule has 0 radical (unpaired) electrons. The Morgan fingerprint density at radius 1 is 1.43 bits per heavy atom. The number of amides is 1. The van der Waals surface area contributed by atoms with E-state index in [1.165, 1.54) is 5.56 Å². The van der Waals surface area contributed by atoms with Crippen LogP contribution in [-0.4, -0.2) is 42.4 Å². The highest BCUT2D eigenvalue weighted by atomic mass is 32.2. The van der Waals surface area contributed by atoms with Crippen LogP contribution in [0.1, 0.15) is 24.5 Å². The van der Waals surface area contributed by atoms with E-state index in [9.17, 15) is 4.79 Å². The molecular formula is C16H27N3OS. The van der Waals surface area contributed by atoms with Gasteiger partial charge in [-0.1, -0.05) is 31.2 Å². The summed E-state index contributed by atoms with van der Waals surface area (Å²) in [6.45, 7) is 4.62. The van der Waals surface area contributed by atoms with Crippen molar-refractivity contribution in [2.75, 3.05) is 25.6 Å². The Hall–Kier alpha value is -1.04. The lowest BCUT2D eigenvalue weighted by Crippen LogP contribution is -2.40. The SMILES string of the molecule is CCN(C)Cc1cccc(CNC(=O)[C@@H](N)CCSC)c1. The first-order chi connectivity index (χ1) is 10.1. The fraction of sp³-hybridized carbons (Fsp3) is 0.562. The summed E-state index contributed by atoms with van der Waals surface area (Å²) in [5.41, 5.74) is 8.22. The van der Waals surface area contributed by atoms with E-state index in [4.69, 9.17) is 5.73 Å². The van der Waals surface area contributed by atoms with E-state index in [2.05, 4.69) is 36.3 Å². The van der Waals surface area contributed by atoms with Crippen molar-refractivity contribution in [1.82, 2.24) is 10.2 Å². The van der Waals surface area contributed by atoms with Crippen LogP contribution in [0.15, 0.2) is 24.3 Å². The summed E-state index contributed by atoms with van der Waals surface area (Å²) in [5.74, 6) is 0.841. The van der Waals surface area contributed by atoms with E-state index in [1.807, 2.05) is 18.4 Å². The summed E-state index contributed by atoms with van der Waals surface area (Å²) in [6.07, 6.45) is 2.73. The molecule has 0 aliphatic rings. The molecule has 0 aromatic heterocycles. The molecule has 0 saturated carbocycles. The van der Waals surface area contributed by atoms with Gasteiger partial charge >= 0.3 is 0 Å². The van der Waals surface area contributed by atoms with E-state index in [-0.39, 0.29) is 5.91 Å². The first-order valence-corrected chi connectivity index (χ1v) is 8.74. The predicted octanol–water partition coefficient (Wildman–Crippen LogP) is 1.83. The van der Waals surface area contributed by atoms with E-state index in [0.29, 0.717) is 13.0 Å². The number of carbonyl (C=O) groups excluding carboxylic acids is 1. The Balaban J connectivity index is 2.48. The van der Waals surface area contributed by atoms with Crippen LogP contribution in [0.3, 0.4) is 0 Å². The highest BCUT2D eigenvalue weighted by molar-refractivity contribution is 7.98. The van der Waals surface area contributed by atoms with Gasteiger partial charge in [-0.05, 0) is 43.1 Å². The van der Waals surface area contributed by atoms with Crippen molar-refractivity contribution >= 4 is 17.7 Å². The smallest absolute Gasteiger partial charge is 0.237 e. The van der Waals surface area contributed by atoms with Gasteiger partial charge in [0.25, 0.3) is 0 Å². The van der Waals surface area contributed by atoms with Crippen molar-refractivity contribution in [3.8, 4) is 0 Å². The van der Waals surface area contributed by atoms with Crippen molar-refractivity contribution in [1.29, 1.82) is 0 Å². The molecule has 1 aromatic carbocycles. The average molecular weight is 309 g/mol. The topological polar surface area (TPSA) is 58.4 Å². The van der Waals surface area contributed by atoms with E-state index < -0.39 is 6.04 Å². The van der Waals surface area contributed by atoms with Crippen molar-refractivity contribution in [2.24, 2.45) is 5.73 Å². The molecular weight excluding hydrogens is 282 g/mol. The summed E-state index contributed by atoms with van der Waals surface area (Å²) in [4.78, 5) is 14.1. The Morgan fingerprint density at radius 3 is 2.81 bits per heavy atom. The minimum absolute atomic E-state index is 0.0693. The Bertz CT molecular complexity index is 439. The standard InChI is InChI=1S/C16H27N3OS/c1-4-19(2)12-14-7-5-6-13(10-14)11-18-16(20)15(17)8-9-21-3/h5-7,10,15H,4,8-9,11-12,17H2,1-3H3,(H,18,20)/t15-/m0/s1. The maximum atomic E-state index is 11.9. The Morgan fingerprint density at radius 2 is 2.14 bits per heavy atom. The van der Waals surface area contributed by atoms with Crippen LogP contribution in [0.25, 0.3) is 0 Å². The maximum absolute atomic E-state index is 11.9. The third kappa shape index (κ3) is 6.98. The van der Waals surface area contributed by atoms with Gasteiger partial charge in [-0.2, -0.15) is 11.8 Å². The number of thioether (sulfide) groups is 1. The van der Waals surface area contributed by atoms with Gasteiger partial charge in [-0.25, -0.2) is 0 Å². The molecule has 0 saturated heterocycles. The molecule has 1 amide bonds. The molecule has 0 aliphatic carbocycles. The van der Waals surface area contributed by atoms with Gasteiger partial charge in [0, 0.05) is 13.1 Å². The molecule has 0 bridgehead atoms. The molecule has 118 valence electrons.